The Hall–Kier alpha value is -2.43. The summed E-state index contributed by atoms with van der Waals surface area (Å²) in [6.45, 7) is 0. The average Bonchev–Trinajstić information content (AvgIpc) is 2.77. The molecule has 3 rings (SSSR count). The van der Waals surface area contributed by atoms with Crippen LogP contribution in [0.3, 0.4) is 0 Å². The van der Waals surface area contributed by atoms with E-state index >= 15 is 0 Å². The van der Waals surface area contributed by atoms with Crippen LogP contribution in [0, 0.1) is 0 Å². The summed E-state index contributed by atoms with van der Waals surface area (Å²) in [4.78, 5) is 12.1. The van der Waals surface area contributed by atoms with Crippen LogP contribution in [0.25, 0.3) is 5.65 Å². The van der Waals surface area contributed by atoms with E-state index in [0.29, 0.717) is 11.5 Å². The lowest BCUT2D eigenvalue weighted by atomic mass is 10.4. The van der Waals surface area contributed by atoms with Gasteiger partial charge >= 0.3 is 0 Å². The highest BCUT2D eigenvalue weighted by Crippen LogP contribution is 2.18. The van der Waals surface area contributed by atoms with Crippen LogP contribution < -0.4 is 4.74 Å². The van der Waals surface area contributed by atoms with E-state index in [1.165, 1.54) is 0 Å². The van der Waals surface area contributed by atoms with E-state index in [-0.39, 0.29) is 0 Å². The third kappa shape index (κ3) is 1.58. The molecule has 5 heteroatoms. The van der Waals surface area contributed by atoms with E-state index in [0.717, 1.165) is 5.65 Å². The van der Waals surface area contributed by atoms with Gasteiger partial charge in [-0.2, -0.15) is 0 Å². The summed E-state index contributed by atoms with van der Waals surface area (Å²) >= 11 is 0. The average molecular weight is 212 g/mol. The predicted octanol–water partition coefficient (Wildman–Crippen LogP) is 1.92. The van der Waals surface area contributed by atoms with E-state index in [4.69, 9.17) is 4.74 Å². The fourth-order valence-electron chi connectivity index (χ4n) is 1.39. The first-order valence-corrected chi connectivity index (χ1v) is 4.77. The van der Waals surface area contributed by atoms with Crippen molar-refractivity contribution in [1.82, 2.24) is 19.4 Å². The van der Waals surface area contributed by atoms with Gasteiger partial charge in [-0.15, -0.1) is 0 Å². The van der Waals surface area contributed by atoms with Gasteiger partial charge in [-0.3, -0.25) is 9.38 Å². The van der Waals surface area contributed by atoms with Gasteiger partial charge in [0.2, 0.25) is 0 Å². The highest BCUT2D eigenvalue weighted by Gasteiger charge is 1.99. The van der Waals surface area contributed by atoms with Crippen molar-refractivity contribution >= 4 is 5.65 Å². The number of fused-ring (bicyclic) bond motifs is 1. The molecule has 3 aromatic rings. The van der Waals surface area contributed by atoms with Crippen LogP contribution in [0.5, 0.6) is 11.5 Å². The number of pyridine rings is 1. The molecule has 0 N–H and O–H groups in total. The smallest absolute Gasteiger partial charge is 0.162 e. The maximum absolute atomic E-state index is 5.58. The molecule has 3 heterocycles. The quantitative estimate of drug-likeness (QED) is 0.651. The molecule has 3 aromatic heterocycles. The minimum atomic E-state index is 0.651. The van der Waals surface area contributed by atoms with Gasteiger partial charge in [-0.1, -0.05) is 0 Å². The third-order valence-electron chi connectivity index (χ3n) is 2.11. The summed E-state index contributed by atoms with van der Waals surface area (Å²) in [6, 6.07) is 3.66. The summed E-state index contributed by atoms with van der Waals surface area (Å²) in [6.07, 6.45) is 10.2. The molecule has 0 aliphatic rings. The summed E-state index contributed by atoms with van der Waals surface area (Å²) in [5.41, 5.74) is 0.790. The summed E-state index contributed by atoms with van der Waals surface area (Å²) in [5.74, 6) is 1.34. The minimum absolute atomic E-state index is 0.651. The number of aromatic nitrogens is 4. The third-order valence-corrected chi connectivity index (χ3v) is 2.11. The Morgan fingerprint density at radius 3 is 2.94 bits per heavy atom. The topological polar surface area (TPSA) is 52.3 Å². The van der Waals surface area contributed by atoms with E-state index < -0.39 is 0 Å². The molecule has 0 aromatic carbocycles. The van der Waals surface area contributed by atoms with Crippen molar-refractivity contribution in [2.24, 2.45) is 0 Å². The molecule has 5 nitrogen and oxygen atoms in total. The molecule has 0 amide bonds. The van der Waals surface area contributed by atoms with Gasteiger partial charge in [0.25, 0.3) is 0 Å². The molecule has 0 unspecified atom stereocenters. The first-order valence-electron chi connectivity index (χ1n) is 4.77. The molecule has 0 aliphatic heterocycles. The molecule has 0 bridgehead atoms. The van der Waals surface area contributed by atoms with Gasteiger partial charge < -0.3 is 4.74 Å². The van der Waals surface area contributed by atoms with Gasteiger partial charge in [0.1, 0.15) is 12.1 Å². The lowest BCUT2D eigenvalue weighted by Crippen LogP contribution is -1.90. The molecule has 0 saturated carbocycles. The first-order chi connectivity index (χ1) is 7.92. The molecule has 0 atom stereocenters. The monoisotopic (exact) mass is 212 g/mol. The van der Waals surface area contributed by atoms with Gasteiger partial charge in [-0.25, -0.2) is 9.97 Å². The van der Waals surface area contributed by atoms with Gasteiger partial charge in [0, 0.05) is 6.20 Å². The Morgan fingerprint density at radius 2 is 2.06 bits per heavy atom. The molecule has 16 heavy (non-hydrogen) atoms. The van der Waals surface area contributed by atoms with E-state index in [9.17, 15) is 0 Å². The van der Waals surface area contributed by atoms with Crippen molar-refractivity contribution in [3.8, 4) is 11.5 Å². The molecule has 0 fully saturated rings. The lowest BCUT2D eigenvalue weighted by molar-refractivity contribution is 0.475. The molecule has 78 valence electrons. The second-order valence-electron chi connectivity index (χ2n) is 3.24. The molecule has 0 saturated heterocycles. The van der Waals surface area contributed by atoms with Crippen LogP contribution in [-0.2, 0) is 0 Å². The van der Waals surface area contributed by atoms with Crippen molar-refractivity contribution in [3.63, 3.8) is 0 Å². The van der Waals surface area contributed by atoms with Crippen LogP contribution in [0.1, 0.15) is 0 Å². The number of hydrogen-bond acceptors (Lipinski definition) is 4. The Labute approximate surface area is 91.4 Å². The Morgan fingerprint density at radius 1 is 1.06 bits per heavy atom. The Balaban J connectivity index is 1.94. The van der Waals surface area contributed by atoms with Gasteiger partial charge in [0.15, 0.2) is 11.4 Å². The Kier molecular flexibility index (Phi) is 2.00. The van der Waals surface area contributed by atoms with Gasteiger partial charge in [-0.05, 0) is 12.1 Å². The van der Waals surface area contributed by atoms with E-state index in [1.54, 1.807) is 35.5 Å². The Bertz CT molecular complexity index is 605. The van der Waals surface area contributed by atoms with Crippen molar-refractivity contribution in [2.75, 3.05) is 0 Å². The summed E-state index contributed by atoms with van der Waals surface area (Å²) in [5, 5.41) is 0. The lowest BCUT2D eigenvalue weighted by Gasteiger charge is -2.04. The predicted molar refractivity (Wildman–Crippen MR) is 57.3 cm³/mol. The number of nitrogens with zero attached hydrogens (tertiary/aromatic N) is 4. The van der Waals surface area contributed by atoms with Crippen molar-refractivity contribution < 1.29 is 4.74 Å². The second-order valence-corrected chi connectivity index (χ2v) is 3.24. The number of imidazole rings is 1. The van der Waals surface area contributed by atoms with Crippen molar-refractivity contribution in [1.29, 1.82) is 0 Å². The standard InChI is InChI=1S/C11H8N4O/c1-2-9(4-12-3-1)16-10-5-14-11-6-13-8-15(11)7-10/h1-8H. The van der Waals surface area contributed by atoms with Crippen molar-refractivity contribution in [2.45, 2.75) is 0 Å². The highest BCUT2D eigenvalue weighted by molar-refractivity contribution is 5.37. The number of rotatable bonds is 2. The zero-order valence-corrected chi connectivity index (χ0v) is 8.32. The van der Waals surface area contributed by atoms with Crippen LogP contribution in [0.4, 0.5) is 0 Å². The fourth-order valence-corrected chi connectivity index (χ4v) is 1.39. The molecule has 0 radical (unpaired) electrons. The second kappa shape index (κ2) is 3.62. The zero-order valence-electron chi connectivity index (χ0n) is 8.32. The summed E-state index contributed by atoms with van der Waals surface area (Å²) < 4.78 is 7.38. The number of hydrogen-bond donors (Lipinski definition) is 0. The molecular weight excluding hydrogens is 204 g/mol. The summed E-state index contributed by atoms with van der Waals surface area (Å²) in [7, 11) is 0. The normalized spacial score (nSPS) is 10.5. The first kappa shape index (κ1) is 8.84. The van der Waals surface area contributed by atoms with Crippen LogP contribution in [-0.4, -0.2) is 19.4 Å². The van der Waals surface area contributed by atoms with Crippen LogP contribution in [0.15, 0.2) is 49.4 Å². The molecular formula is C11H8N4O. The largest absolute Gasteiger partial charge is 0.453 e. The van der Waals surface area contributed by atoms with Gasteiger partial charge in [0.05, 0.1) is 24.8 Å². The molecule has 0 aliphatic carbocycles. The van der Waals surface area contributed by atoms with E-state index in [1.807, 2.05) is 18.3 Å². The van der Waals surface area contributed by atoms with Crippen LogP contribution >= 0.6 is 0 Å². The van der Waals surface area contributed by atoms with Crippen LogP contribution in [0.2, 0.25) is 0 Å². The number of ether oxygens (including phenoxy) is 1. The fraction of sp³-hybridized carbons (Fsp3) is 0. The minimum Gasteiger partial charge on any atom is -0.453 e. The highest BCUT2D eigenvalue weighted by atomic mass is 16.5. The maximum atomic E-state index is 5.58. The maximum Gasteiger partial charge on any atom is 0.162 e. The molecule has 0 spiro atoms. The SMILES string of the molecule is c1cncc(Oc2cnc3cncn3c2)c1. The zero-order chi connectivity index (χ0) is 10.8. The van der Waals surface area contributed by atoms with E-state index in [2.05, 4.69) is 15.0 Å². The van der Waals surface area contributed by atoms with Crippen molar-refractivity contribution in [3.05, 3.63) is 49.4 Å².